The van der Waals surface area contributed by atoms with Gasteiger partial charge in [-0.05, 0) is 64.3 Å². The molecule has 6 nitrogen and oxygen atoms in total. The second-order valence-electron chi connectivity index (χ2n) is 7.26. The normalized spacial score (nSPS) is 15.1. The molecule has 3 aromatic carbocycles. The molecular formula is C25H19BrN2O4. The van der Waals surface area contributed by atoms with Gasteiger partial charge in [-0.25, -0.2) is 9.69 Å². The summed E-state index contributed by atoms with van der Waals surface area (Å²) in [5.74, 6) is -0.779. The third kappa shape index (κ3) is 4.63. The molecule has 4 amide bonds. The predicted octanol–water partition coefficient (Wildman–Crippen LogP) is 5.00. The predicted molar refractivity (Wildman–Crippen MR) is 125 cm³/mol. The standard InChI is InChI=1S/C25H19BrN2O4/c1-16-7-10-19(11-8-16)28-24(30)20(23(29)27-25(28)31)13-18-9-12-22(21(26)14-18)32-15-17-5-3-2-4-6-17/h2-14H,15H2,1H3,(H,27,29,31)/b20-13+. The first-order chi connectivity index (χ1) is 15.4. The molecule has 0 bridgehead atoms. The first-order valence-electron chi connectivity index (χ1n) is 9.87. The lowest BCUT2D eigenvalue weighted by Gasteiger charge is -2.26. The largest absolute Gasteiger partial charge is 0.488 e. The van der Waals surface area contributed by atoms with E-state index in [1.165, 1.54) is 6.08 Å². The molecule has 1 heterocycles. The molecule has 0 atom stereocenters. The van der Waals surface area contributed by atoms with Crippen molar-refractivity contribution in [3.63, 3.8) is 0 Å². The van der Waals surface area contributed by atoms with Gasteiger partial charge in [0.1, 0.15) is 17.9 Å². The smallest absolute Gasteiger partial charge is 0.335 e. The van der Waals surface area contributed by atoms with E-state index in [0.29, 0.717) is 28.1 Å². The molecule has 0 aromatic heterocycles. The zero-order valence-corrected chi connectivity index (χ0v) is 18.8. The van der Waals surface area contributed by atoms with Gasteiger partial charge >= 0.3 is 6.03 Å². The SMILES string of the molecule is Cc1ccc(N2C(=O)NC(=O)/C(=C\c3ccc(OCc4ccccc4)c(Br)c3)C2=O)cc1. The van der Waals surface area contributed by atoms with E-state index in [4.69, 9.17) is 4.74 Å². The number of hydrogen-bond acceptors (Lipinski definition) is 4. The van der Waals surface area contributed by atoms with Crippen LogP contribution in [0.4, 0.5) is 10.5 Å². The lowest BCUT2D eigenvalue weighted by Crippen LogP contribution is -2.54. The van der Waals surface area contributed by atoms with E-state index < -0.39 is 17.8 Å². The van der Waals surface area contributed by atoms with Gasteiger partial charge in [-0.1, -0.05) is 54.1 Å². The molecule has 1 N–H and O–H groups in total. The summed E-state index contributed by atoms with van der Waals surface area (Å²) < 4.78 is 6.52. The van der Waals surface area contributed by atoms with Crippen LogP contribution in [-0.4, -0.2) is 17.8 Å². The molecule has 1 saturated heterocycles. The highest BCUT2D eigenvalue weighted by Gasteiger charge is 2.36. The molecule has 0 unspecified atom stereocenters. The number of barbiturate groups is 1. The molecule has 1 aliphatic heterocycles. The molecular weight excluding hydrogens is 472 g/mol. The van der Waals surface area contributed by atoms with E-state index in [1.807, 2.05) is 37.3 Å². The lowest BCUT2D eigenvalue weighted by atomic mass is 10.1. The third-order valence-corrected chi connectivity index (χ3v) is 5.52. The summed E-state index contributed by atoms with van der Waals surface area (Å²) in [5, 5.41) is 2.23. The van der Waals surface area contributed by atoms with Gasteiger partial charge in [0.05, 0.1) is 10.2 Å². The number of carbonyl (C=O) groups is 3. The molecule has 7 heteroatoms. The van der Waals surface area contributed by atoms with Crippen molar-refractivity contribution in [1.82, 2.24) is 5.32 Å². The number of aryl methyl sites for hydroxylation is 1. The van der Waals surface area contributed by atoms with Crippen LogP contribution in [0.3, 0.4) is 0 Å². The van der Waals surface area contributed by atoms with Crippen LogP contribution in [0.15, 0.2) is 82.8 Å². The molecule has 0 radical (unpaired) electrons. The zero-order valence-electron chi connectivity index (χ0n) is 17.2. The van der Waals surface area contributed by atoms with Gasteiger partial charge in [0.25, 0.3) is 11.8 Å². The van der Waals surface area contributed by atoms with Gasteiger partial charge in [-0.3, -0.25) is 14.9 Å². The van der Waals surface area contributed by atoms with Crippen molar-refractivity contribution in [1.29, 1.82) is 0 Å². The molecule has 1 fully saturated rings. The summed E-state index contributed by atoms with van der Waals surface area (Å²) in [4.78, 5) is 38.6. The van der Waals surface area contributed by atoms with Crippen molar-refractivity contribution in [2.75, 3.05) is 4.90 Å². The van der Waals surface area contributed by atoms with Crippen molar-refractivity contribution in [2.24, 2.45) is 0 Å². The van der Waals surface area contributed by atoms with Crippen molar-refractivity contribution >= 4 is 45.5 Å². The number of nitrogens with one attached hydrogen (secondary N) is 1. The van der Waals surface area contributed by atoms with Gasteiger partial charge in [0.15, 0.2) is 0 Å². The summed E-state index contributed by atoms with van der Waals surface area (Å²) >= 11 is 3.48. The Hall–Kier alpha value is -3.71. The molecule has 32 heavy (non-hydrogen) atoms. The molecule has 160 valence electrons. The molecule has 0 spiro atoms. The first-order valence-corrected chi connectivity index (χ1v) is 10.7. The van der Waals surface area contributed by atoms with Crippen molar-refractivity contribution in [3.8, 4) is 5.75 Å². The topological polar surface area (TPSA) is 75.7 Å². The van der Waals surface area contributed by atoms with Crippen molar-refractivity contribution in [2.45, 2.75) is 13.5 Å². The fraction of sp³-hybridized carbons (Fsp3) is 0.0800. The van der Waals surface area contributed by atoms with Crippen LogP contribution >= 0.6 is 15.9 Å². The van der Waals surface area contributed by atoms with E-state index in [9.17, 15) is 14.4 Å². The minimum Gasteiger partial charge on any atom is -0.488 e. The molecule has 0 aliphatic carbocycles. The highest BCUT2D eigenvalue weighted by atomic mass is 79.9. The number of hydrogen-bond donors (Lipinski definition) is 1. The van der Waals surface area contributed by atoms with Crippen LogP contribution < -0.4 is 15.0 Å². The average molecular weight is 491 g/mol. The number of amides is 4. The molecule has 0 saturated carbocycles. The Morgan fingerprint density at radius 3 is 2.38 bits per heavy atom. The summed E-state index contributed by atoms with van der Waals surface area (Å²) in [5.41, 5.74) is 2.90. The number of carbonyl (C=O) groups excluding carboxylic acids is 3. The van der Waals surface area contributed by atoms with Crippen LogP contribution in [0.1, 0.15) is 16.7 Å². The monoisotopic (exact) mass is 490 g/mol. The maximum Gasteiger partial charge on any atom is 0.335 e. The van der Waals surface area contributed by atoms with E-state index in [0.717, 1.165) is 16.0 Å². The fourth-order valence-corrected chi connectivity index (χ4v) is 3.72. The Labute approximate surface area is 193 Å². The number of rotatable bonds is 5. The Morgan fingerprint density at radius 2 is 1.69 bits per heavy atom. The summed E-state index contributed by atoms with van der Waals surface area (Å²) in [7, 11) is 0. The Balaban J connectivity index is 1.57. The van der Waals surface area contributed by atoms with Gasteiger partial charge in [0.2, 0.25) is 0 Å². The van der Waals surface area contributed by atoms with Crippen LogP contribution in [0.25, 0.3) is 6.08 Å². The van der Waals surface area contributed by atoms with Crippen molar-refractivity contribution in [3.05, 3.63) is 99.5 Å². The van der Waals surface area contributed by atoms with E-state index in [-0.39, 0.29) is 5.57 Å². The number of halogens is 1. The van der Waals surface area contributed by atoms with Gasteiger partial charge in [-0.2, -0.15) is 0 Å². The third-order valence-electron chi connectivity index (χ3n) is 4.90. The molecule has 3 aromatic rings. The Kier molecular flexibility index (Phi) is 6.18. The quantitative estimate of drug-likeness (QED) is 0.403. The van der Waals surface area contributed by atoms with Gasteiger partial charge in [-0.15, -0.1) is 0 Å². The summed E-state index contributed by atoms with van der Waals surface area (Å²) in [6.07, 6.45) is 1.46. The van der Waals surface area contributed by atoms with Gasteiger partial charge < -0.3 is 4.74 Å². The molecule has 1 aliphatic rings. The number of urea groups is 1. The van der Waals surface area contributed by atoms with Crippen LogP contribution in [0.2, 0.25) is 0 Å². The minimum atomic E-state index is -0.771. The second-order valence-corrected chi connectivity index (χ2v) is 8.11. The first kappa shape index (κ1) is 21.5. The van der Waals surface area contributed by atoms with E-state index in [2.05, 4.69) is 21.2 Å². The van der Waals surface area contributed by atoms with Crippen molar-refractivity contribution < 1.29 is 19.1 Å². The minimum absolute atomic E-state index is 0.130. The number of ether oxygens (including phenoxy) is 1. The van der Waals surface area contributed by atoms with Gasteiger partial charge in [0, 0.05) is 0 Å². The number of imide groups is 2. The number of anilines is 1. The van der Waals surface area contributed by atoms with Crippen LogP contribution in [-0.2, 0) is 16.2 Å². The molecule has 4 rings (SSSR count). The second kappa shape index (κ2) is 9.20. The summed E-state index contributed by atoms with van der Waals surface area (Å²) in [6.45, 7) is 2.32. The van der Waals surface area contributed by atoms with Crippen LogP contribution in [0, 0.1) is 6.92 Å². The fourth-order valence-electron chi connectivity index (χ4n) is 3.21. The highest BCUT2D eigenvalue weighted by molar-refractivity contribution is 9.10. The summed E-state index contributed by atoms with van der Waals surface area (Å²) in [6, 6.07) is 21.2. The van der Waals surface area contributed by atoms with Crippen LogP contribution in [0.5, 0.6) is 5.75 Å². The Morgan fingerprint density at radius 1 is 0.969 bits per heavy atom. The van der Waals surface area contributed by atoms with E-state index in [1.54, 1.807) is 42.5 Å². The average Bonchev–Trinajstić information content (AvgIpc) is 2.78. The maximum atomic E-state index is 13.0. The van der Waals surface area contributed by atoms with E-state index >= 15 is 0 Å². The number of nitrogens with zero attached hydrogens (tertiary/aromatic N) is 1. The highest BCUT2D eigenvalue weighted by Crippen LogP contribution is 2.29. The maximum absolute atomic E-state index is 13.0. The zero-order chi connectivity index (χ0) is 22.7. The Bertz CT molecular complexity index is 1220. The number of benzene rings is 3. The lowest BCUT2D eigenvalue weighted by molar-refractivity contribution is -0.122.